The van der Waals surface area contributed by atoms with Gasteiger partial charge in [-0.25, -0.2) is 0 Å². The van der Waals surface area contributed by atoms with Gasteiger partial charge >= 0.3 is 0 Å². The molecule has 5 nitrogen and oxygen atoms in total. The fourth-order valence-corrected chi connectivity index (χ4v) is 3.11. The molecule has 22 heavy (non-hydrogen) atoms. The molecule has 1 aromatic heterocycles. The first-order chi connectivity index (χ1) is 10.6. The molecule has 1 saturated carbocycles. The van der Waals surface area contributed by atoms with Crippen molar-refractivity contribution in [2.45, 2.75) is 58.1 Å². The number of hydrogen-bond donors (Lipinski definition) is 2. The summed E-state index contributed by atoms with van der Waals surface area (Å²) >= 11 is 0. The molecule has 0 spiro atoms. The molecule has 1 heterocycles. The van der Waals surface area contributed by atoms with Crippen LogP contribution in [0.1, 0.15) is 44.1 Å². The fourth-order valence-electron chi connectivity index (χ4n) is 3.11. The van der Waals surface area contributed by atoms with Crippen molar-refractivity contribution in [3.05, 3.63) is 34.2 Å². The van der Waals surface area contributed by atoms with Gasteiger partial charge in [-0.1, -0.05) is 18.9 Å². The van der Waals surface area contributed by atoms with Crippen molar-refractivity contribution < 1.29 is 9.90 Å². The Morgan fingerprint density at radius 1 is 1.41 bits per heavy atom. The van der Waals surface area contributed by atoms with E-state index in [0.717, 1.165) is 32.1 Å². The number of pyridine rings is 1. The van der Waals surface area contributed by atoms with Gasteiger partial charge in [0.05, 0.1) is 6.10 Å². The Bertz CT molecular complexity index is 553. The Kier molecular flexibility index (Phi) is 6.19. The maximum absolute atomic E-state index is 11.9. The Morgan fingerprint density at radius 2 is 2.18 bits per heavy atom. The van der Waals surface area contributed by atoms with Crippen molar-refractivity contribution >= 4 is 5.91 Å². The molecule has 1 fully saturated rings. The van der Waals surface area contributed by atoms with Crippen molar-refractivity contribution in [1.82, 2.24) is 9.88 Å². The zero-order chi connectivity index (χ0) is 15.9. The number of aryl methyl sites for hydroxylation is 1. The number of aromatic nitrogens is 1. The predicted molar refractivity (Wildman–Crippen MR) is 85.6 cm³/mol. The first-order valence-corrected chi connectivity index (χ1v) is 8.19. The number of rotatable bonds is 6. The van der Waals surface area contributed by atoms with Crippen molar-refractivity contribution in [2.75, 3.05) is 6.54 Å². The summed E-state index contributed by atoms with van der Waals surface area (Å²) in [6.07, 6.45) is 7.61. The van der Waals surface area contributed by atoms with E-state index in [9.17, 15) is 14.7 Å². The summed E-state index contributed by atoms with van der Waals surface area (Å²) in [6.45, 7) is 2.40. The molecule has 0 aromatic carbocycles. The topological polar surface area (TPSA) is 71.3 Å². The summed E-state index contributed by atoms with van der Waals surface area (Å²) in [7, 11) is 0. The van der Waals surface area contributed by atoms with Crippen LogP contribution < -0.4 is 10.9 Å². The van der Waals surface area contributed by atoms with E-state index >= 15 is 0 Å². The molecule has 1 aromatic rings. The third-order valence-corrected chi connectivity index (χ3v) is 4.47. The molecule has 0 aliphatic heterocycles. The van der Waals surface area contributed by atoms with E-state index in [1.165, 1.54) is 11.0 Å². The lowest BCUT2D eigenvalue weighted by molar-refractivity contribution is -0.121. The van der Waals surface area contributed by atoms with Crippen LogP contribution in [0.4, 0.5) is 0 Å². The Balaban J connectivity index is 1.69. The Hall–Kier alpha value is -1.62. The number of carbonyl (C=O) groups is 1. The highest BCUT2D eigenvalue weighted by molar-refractivity contribution is 5.75. The molecule has 2 unspecified atom stereocenters. The van der Waals surface area contributed by atoms with Crippen LogP contribution in [-0.4, -0.2) is 28.2 Å². The molecule has 0 saturated heterocycles. The molecule has 2 atom stereocenters. The fraction of sp³-hybridized carbons (Fsp3) is 0.647. The van der Waals surface area contributed by atoms with E-state index in [1.807, 2.05) is 0 Å². The van der Waals surface area contributed by atoms with Crippen LogP contribution in [0.2, 0.25) is 0 Å². The maximum atomic E-state index is 11.9. The predicted octanol–water partition coefficient (Wildman–Crippen LogP) is 1.60. The van der Waals surface area contributed by atoms with E-state index in [2.05, 4.69) is 5.32 Å². The van der Waals surface area contributed by atoms with E-state index in [4.69, 9.17) is 0 Å². The van der Waals surface area contributed by atoms with E-state index in [0.29, 0.717) is 18.0 Å². The lowest BCUT2D eigenvalue weighted by Crippen LogP contribution is -2.33. The normalized spacial score (nSPS) is 21.5. The zero-order valence-corrected chi connectivity index (χ0v) is 13.3. The number of aliphatic hydroxyl groups is 1. The first kappa shape index (κ1) is 16.7. The molecule has 5 heteroatoms. The lowest BCUT2D eigenvalue weighted by atomic mass is 9.83. The van der Waals surface area contributed by atoms with Crippen LogP contribution in [0.3, 0.4) is 0 Å². The largest absolute Gasteiger partial charge is 0.393 e. The highest BCUT2D eigenvalue weighted by Crippen LogP contribution is 2.27. The van der Waals surface area contributed by atoms with Gasteiger partial charge < -0.3 is 15.0 Å². The molecule has 122 valence electrons. The smallest absolute Gasteiger partial charge is 0.253 e. The van der Waals surface area contributed by atoms with E-state index in [1.54, 1.807) is 25.3 Å². The van der Waals surface area contributed by atoms with Gasteiger partial charge in [-0.05, 0) is 44.6 Å². The van der Waals surface area contributed by atoms with Crippen LogP contribution >= 0.6 is 0 Å². The monoisotopic (exact) mass is 306 g/mol. The van der Waals surface area contributed by atoms with Gasteiger partial charge in [0, 0.05) is 18.3 Å². The van der Waals surface area contributed by atoms with Crippen LogP contribution in [0.25, 0.3) is 0 Å². The van der Waals surface area contributed by atoms with Gasteiger partial charge in [0.25, 0.3) is 5.56 Å². The number of aliphatic hydroxyl groups excluding tert-OH is 1. The van der Waals surface area contributed by atoms with Crippen LogP contribution in [0.5, 0.6) is 0 Å². The summed E-state index contributed by atoms with van der Waals surface area (Å²) in [6, 6.07) is 3.51. The summed E-state index contributed by atoms with van der Waals surface area (Å²) < 4.78 is 1.43. The van der Waals surface area contributed by atoms with Gasteiger partial charge in [0.2, 0.25) is 5.91 Å². The molecule has 0 radical (unpaired) electrons. The first-order valence-electron chi connectivity index (χ1n) is 8.19. The minimum Gasteiger partial charge on any atom is -0.393 e. The van der Waals surface area contributed by atoms with Gasteiger partial charge in [-0.2, -0.15) is 0 Å². The third kappa shape index (κ3) is 4.70. The standard InChI is InChI=1S/C17H26N2O3/c1-13-6-5-11-19(17(13)22)12-16(21)18-10-4-8-14-7-2-3-9-15(14)20/h5-6,11,14-15,20H,2-4,7-10,12H2,1H3,(H,18,21). The van der Waals surface area contributed by atoms with Crippen LogP contribution in [0.15, 0.2) is 23.1 Å². The van der Waals surface area contributed by atoms with Crippen LogP contribution in [-0.2, 0) is 11.3 Å². The maximum Gasteiger partial charge on any atom is 0.253 e. The number of amides is 1. The van der Waals surface area contributed by atoms with Gasteiger partial charge in [0.15, 0.2) is 0 Å². The average Bonchev–Trinajstić information content (AvgIpc) is 2.50. The van der Waals surface area contributed by atoms with Crippen molar-refractivity contribution in [2.24, 2.45) is 5.92 Å². The molecule has 1 aliphatic rings. The molecule has 1 aliphatic carbocycles. The molecule has 0 bridgehead atoms. The lowest BCUT2D eigenvalue weighted by Gasteiger charge is -2.27. The summed E-state index contributed by atoms with van der Waals surface area (Å²) in [5.41, 5.74) is 0.518. The summed E-state index contributed by atoms with van der Waals surface area (Å²) in [5.74, 6) is 0.238. The summed E-state index contributed by atoms with van der Waals surface area (Å²) in [5, 5.41) is 12.8. The van der Waals surface area contributed by atoms with Crippen LogP contribution in [0, 0.1) is 12.8 Å². The number of carbonyl (C=O) groups excluding carboxylic acids is 1. The van der Waals surface area contributed by atoms with Crippen molar-refractivity contribution in [3.63, 3.8) is 0 Å². The van der Waals surface area contributed by atoms with Crippen molar-refractivity contribution in [3.8, 4) is 0 Å². The Labute approximate surface area is 131 Å². The second-order valence-corrected chi connectivity index (χ2v) is 6.23. The molecular formula is C17H26N2O3. The molecular weight excluding hydrogens is 280 g/mol. The molecule has 2 N–H and O–H groups in total. The zero-order valence-electron chi connectivity index (χ0n) is 13.3. The van der Waals surface area contributed by atoms with E-state index in [-0.39, 0.29) is 24.1 Å². The highest BCUT2D eigenvalue weighted by atomic mass is 16.3. The number of hydrogen-bond acceptors (Lipinski definition) is 3. The second kappa shape index (κ2) is 8.13. The third-order valence-electron chi connectivity index (χ3n) is 4.47. The average molecular weight is 306 g/mol. The highest BCUT2D eigenvalue weighted by Gasteiger charge is 2.22. The molecule has 1 amide bonds. The van der Waals surface area contributed by atoms with Crippen molar-refractivity contribution in [1.29, 1.82) is 0 Å². The summed E-state index contributed by atoms with van der Waals surface area (Å²) in [4.78, 5) is 23.7. The number of nitrogens with zero attached hydrogens (tertiary/aromatic N) is 1. The minimum absolute atomic E-state index is 0.0621. The minimum atomic E-state index is -0.171. The van der Waals surface area contributed by atoms with Gasteiger partial charge in [-0.15, -0.1) is 0 Å². The van der Waals surface area contributed by atoms with Gasteiger partial charge in [0.1, 0.15) is 6.54 Å². The van der Waals surface area contributed by atoms with E-state index < -0.39 is 0 Å². The molecule has 2 rings (SSSR count). The number of nitrogens with one attached hydrogen (secondary N) is 1. The Morgan fingerprint density at radius 3 is 2.95 bits per heavy atom. The SMILES string of the molecule is Cc1cccn(CC(=O)NCCCC2CCCCC2O)c1=O. The van der Waals surface area contributed by atoms with Gasteiger partial charge in [-0.3, -0.25) is 9.59 Å². The quantitative estimate of drug-likeness (QED) is 0.784. The second-order valence-electron chi connectivity index (χ2n) is 6.23.